The van der Waals surface area contributed by atoms with Crippen LogP contribution in [0.1, 0.15) is 32.1 Å². The van der Waals surface area contributed by atoms with Crippen LogP contribution in [0.15, 0.2) is 48.5 Å². The molecule has 0 aliphatic carbocycles. The van der Waals surface area contributed by atoms with Gasteiger partial charge in [-0.1, -0.05) is 42.8 Å². The maximum atomic E-state index is 12.6. The molecule has 0 saturated carbocycles. The van der Waals surface area contributed by atoms with Crippen molar-refractivity contribution in [1.82, 2.24) is 14.9 Å². The van der Waals surface area contributed by atoms with E-state index in [9.17, 15) is 9.59 Å². The highest BCUT2D eigenvalue weighted by Crippen LogP contribution is 2.23. The first-order valence-corrected chi connectivity index (χ1v) is 9.16. The number of hydrogen-bond acceptors (Lipinski definition) is 3. The SMILES string of the molecule is CCC(=O)NC(C)c1nc2ccccc2n1CC(=O)Nc1ccccc1Cl. The summed E-state index contributed by atoms with van der Waals surface area (Å²) in [6, 6.07) is 14.3. The minimum absolute atomic E-state index is 0.0629. The van der Waals surface area contributed by atoms with Gasteiger partial charge in [0, 0.05) is 6.42 Å². The topological polar surface area (TPSA) is 76.0 Å². The van der Waals surface area contributed by atoms with Crippen LogP contribution in [0, 0.1) is 0 Å². The molecule has 0 fully saturated rings. The van der Waals surface area contributed by atoms with Gasteiger partial charge in [0.2, 0.25) is 11.8 Å². The van der Waals surface area contributed by atoms with E-state index < -0.39 is 0 Å². The van der Waals surface area contributed by atoms with Gasteiger partial charge in [0.05, 0.1) is 27.8 Å². The van der Waals surface area contributed by atoms with E-state index in [-0.39, 0.29) is 24.4 Å². The number of anilines is 1. The minimum atomic E-state index is -0.321. The Morgan fingerprint density at radius 1 is 1.11 bits per heavy atom. The Balaban J connectivity index is 1.90. The van der Waals surface area contributed by atoms with E-state index in [4.69, 9.17) is 11.6 Å². The van der Waals surface area contributed by atoms with Crippen LogP contribution in [0.3, 0.4) is 0 Å². The van der Waals surface area contributed by atoms with Gasteiger partial charge in [-0.05, 0) is 31.2 Å². The number of carbonyl (C=O) groups excluding carboxylic acids is 2. The molecule has 1 unspecified atom stereocenters. The molecule has 0 spiro atoms. The maximum Gasteiger partial charge on any atom is 0.244 e. The molecule has 0 aliphatic rings. The summed E-state index contributed by atoms with van der Waals surface area (Å²) in [5.74, 6) is 0.343. The van der Waals surface area contributed by atoms with Crippen molar-refractivity contribution < 1.29 is 9.59 Å². The number of halogens is 1. The Kier molecular flexibility index (Phi) is 5.76. The molecular weight excluding hydrogens is 364 g/mol. The quantitative estimate of drug-likeness (QED) is 0.676. The van der Waals surface area contributed by atoms with Crippen molar-refractivity contribution in [1.29, 1.82) is 0 Å². The number of para-hydroxylation sites is 3. The summed E-state index contributed by atoms with van der Waals surface area (Å²) in [6.45, 7) is 3.72. The fourth-order valence-electron chi connectivity index (χ4n) is 2.89. The minimum Gasteiger partial charge on any atom is -0.346 e. The molecule has 1 aromatic heterocycles. The molecular formula is C20H21ClN4O2. The van der Waals surface area contributed by atoms with Gasteiger partial charge in [0.1, 0.15) is 12.4 Å². The Morgan fingerprint density at radius 2 is 1.81 bits per heavy atom. The van der Waals surface area contributed by atoms with Gasteiger partial charge in [-0.2, -0.15) is 0 Å². The summed E-state index contributed by atoms with van der Waals surface area (Å²) < 4.78 is 1.82. The van der Waals surface area contributed by atoms with Gasteiger partial charge in [-0.3, -0.25) is 9.59 Å². The van der Waals surface area contributed by atoms with E-state index in [0.717, 1.165) is 11.0 Å². The third-order valence-electron chi connectivity index (χ3n) is 4.22. The predicted molar refractivity (Wildman–Crippen MR) is 107 cm³/mol. The molecule has 2 N–H and O–H groups in total. The maximum absolute atomic E-state index is 12.6. The lowest BCUT2D eigenvalue weighted by atomic mass is 10.3. The van der Waals surface area contributed by atoms with Gasteiger partial charge >= 0.3 is 0 Å². The number of fused-ring (bicyclic) bond motifs is 1. The van der Waals surface area contributed by atoms with Crippen molar-refractivity contribution in [3.8, 4) is 0 Å². The zero-order chi connectivity index (χ0) is 19.4. The Morgan fingerprint density at radius 3 is 2.56 bits per heavy atom. The largest absolute Gasteiger partial charge is 0.346 e. The number of nitrogens with zero attached hydrogens (tertiary/aromatic N) is 2. The van der Waals surface area contributed by atoms with Gasteiger partial charge in [0.25, 0.3) is 0 Å². The van der Waals surface area contributed by atoms with Crippen molar-refractivity contribution in [2.24, 2.45) is 0 Å². The average molecular weight is 385 g/mol. The first kappa shape index (κ1) is 18.9. The predicted octanol–water partition coefficient (Wildman–Crippen LogP) is 3.92. The van der Waals surface area contributed by atoms with Crippen molar-refractivity contribution >= 4 is 40.1 Å². The lowest BCUT2D eigenvalue weighted by Crippen LogP contribution is -2.29. The van der Waals surface area contributed by atoms with E-state index in [0.29, 0.717) is 23.0 Å². The lowest BCUT2D eigenvalue weighted by Gasteiger charge is -2.16. The zero-order valence-corrected chi connectivity index (χ0v) is 16.0. The summed E-state index contributed by atoms with van der Waals surface area (Å²) in [7, 11) is 0. The Hall–Kier alpha value is -2.86. The summed E-state index contributed by atoms with van der Waals surface area (Å²) >= 11 is 6.12. The molecule has 0 aliphatic heterocycles. The molecule has 1 atom stereocenters. The molecule has 2 amide bonds. The molecule has 0 radical (unpaired) electrons. The highest BCUT2D eigenvalue weighted by Gasteiger charge is 2.19. The number of amides is 2. The second kappa shape index (κ2) is 8.22. The van der Waals surface area contributed by atoms with Crippen LogP contribution in [-0.4, -0.2) is 21.4 Å². The first-order chi connectivity index (χ1) is 13.0. The van der Waals surface area contributed by atoms with Crippen molar-refractivity contribution in [2.75, 3.05) is 5.32 Å². The van der Waals surface area contributed by atoms with E-state index in [1.54, 1.807) is 25.1 Å². The van der Waals surface area contributed by atoms with Crippen LogP contribution in [0.2, 0.25) is 5.02 Å². The summed E-state index contributed by atoms with van der Waals surface area (Å²) in [4.78, 5) is 29.0. The third kappa shape index (κ3) is 4.28. The van der Waals surface area contributed by atoms with E-state index in [1.165, 1.54) is 0 Å². The van der Waals surface area contributed by atoms with Crippen LogP contribution in [-0.2, 0) is 16.1 Å². The Labute approximate surface area is 162 Å². The smallest absolute Gasteiger partial charge is 0.244 e. The molecule has 3 aromatic rings. The van der Waals surface area contributed by atoms with Crippen LogP contribution < -0.4 is 10.6 Å². The zero-order valence-electron chi connectivity index (χ0n) is 15.2. The molecule has 27 heavy (non-hydrogen) atoms. The molecule has 0 bridgehead atoms. The number of aromatic nitrogens is 2. The molecule has 0 saturated heterocycles. The normalized spacial score (nSPS) is 12.0. The second-order valence-electron chi connectivity index (χ2n) is 6.22. The first-order valence-electron chi connectivity index (χ1n) is 8.78. The Bertz CT molecular complexity index is 983. The number of carbonyl (C=O) groups is 2. The molecule has 1 heterocycles. The fraction of sp³-hybridized carbons (Fsp3) is 0.250. The van der Waals surface area contributed by atoms with Crippen LogP contribution in [0.5, 0.6) is 0 Å². The average Bonchev–Trinajstić information content (AvgIpc) is 3.02. The number of benzene rings is 2. The number of hydrogen-bond donors (Lipinski definition) is 2. The van der Waals surface area contributed by atoms with E-state index in [2.05, 4.69) is 15.6 Å². The highest BCUT2D eigenvalue weighted by atomic mass is 35.5. The lowest BCUT2D eigenvalue weighted by molar-refractivity contribution is -0.121. The molecule has 2 aromatic carbocycles. The molecule has 3 rings (SSSR count). The van der Waals surface area contributed by atoms with Crippen LogP contribution in [0.4, 0.5) is 5.69 Å². The molecule has 6 nitrogen and oxygen atoms in total. The van der Waals surface area contributed by atoms with Gasteiger partial charge in [-0.15, -0.1) is 0 Å². The third-order valence-corrected chi connectivity index (χ3v) is 4.55. The molecule has 140 valence electrons. The van der Waals surface area contributed by atoms with Gasteiger partial charge < -0.3 is 15.2 Å². The van der Waals surface area contributed by atoms with Crippen molar-refractivity contribution in [3.63, 3.8) is 0 Å². The van der Waals surface area contributed by atoms with Gasteiger partial charge in [0.15, 0.2) is 0 Å². The number of imidazole rings is 1. The highest BCUT2D eigenvalue weighted by molar-refractivity contribution is 6.33. The summed E-state index contributed by atoms with van der Waals surface area (Å²) in [5, 5.41) is 6.21. The second-order valence-corrected chi connectivity index (χ2v) is 6.62. The van der Waals surface area contributed by atoms with Gasteiger partial charge in [-0.25, -0.2) is 4.98 Å². The van der Waals surface area contributed by atoms with Crippen molar-refractivity contribution in [3.05, 3.63) is 59.4 Å². The number of nitrogens with one attached hydrogen (secondary N) is 2. The molecule has 7 heteroatoms. The fourth-order valence-corrected chi connectivity index (χ4v) is 3.08. The number of rotatable bonds is 6. The summed E-state index contributed by atoms with van der Waals surface area (Å²) in [6.07, 6.45) is 0.386. The standard InChI is InChI=1S/C20H21ClN4O2/c1-3-18(26)22-13(2)20-24-16-10-6-7-11-17(16)25(20)12-19(27)23-15-9-5-4-8-14(15)21/h4-11,13H,3,12H2,1-2H3,(H,22,26)(H,23,27). The summed E-state index contributed by atoms with van der Waals surface area (Å²) in [5.41, 5.74) is 2.16. The van der Waals surface area contributed by atoms with E-state index >= 15 is 0 Å². The monoisotopic (exact) mass is 384 g/mol. The van der Waals surface area contributed by atoms with Crippen LogP contribution in [0.25, 0.3) is 11.0 Å². The van der Waals surface area contributed by atoms with Crippen molar-refractivity contribution in [2.45, 2.75) is 32.9 Å². The van der Waals surface area contributed by atoms with E-state index in [1.807, 2.05) is 41.8 Å². The van der Waals surface area contributed by atoms with Crippen LogP contribution >= 0.6 is 11.6 Å².